The highest BCUT2D eigenvalue weighted by Gasteiger charge is 2.66. The van der Waals surface area contributed by atoms with Crippen molar-refractivity contribution in [3.8, 4) is 23.5 Å². The van der Waals surface area contributed by atoms with Gasteiger partial charge in [0.05, 0.1) is 53.7 Å². The van der Waals surface area contributed by atoms with Crippen molar-refractivity contribution in [2.75, 3.05) is 57.1 Å². The topological polar surface area (TPSA) is 282 Å². The van der Waals surface area contributed by atoms with E-state index in [-0.39, 0.29) is 89.7 Å². The normalized spacial score (nSPS) is 24.1. The van der Waals surface area contributed by atoms with Crippen LogP contribution >= 0.6 is 11.3 Å². The van der Waals surface area contributed by atoms with E-state index in [1.165, 1.54) is 22.3 Å². The molecule has 0 spiro atoms. The van der Waals surface area contributed by atoms with Crippen LogP contribution in [0.4, 0.5) is 10.9 Å². The first-order valence-corrected chi connectivity index (χ1v) is 34.3. The van der Waals surface area contributed by atoms with E-state index in [0.29, 0.717) is 40.8 Å². The number of carbonyl (C=O) groups excluding carboxylic acids is 5. The van der Waals surface area contributed by atoms with Crippen LogP contribution in [0, 0.1) is 47.9 Å². The third kappa shape index (κ3) is 14.9. The van der Waals surface area contributed by atoms with Crippen LogP contribution in [-0.2, 0) is 47.0 Å². The van der Waals surface area contributed by atoms with Crippen molar-refractivity contribution in [2.45, 2.75) is 156 Å². The highest BCUT2D eigenvalue weighted by atomic mass is 32.2. The van der Waals surface area contributed by atoms with Crippen molar-refractivity contribution in [1.29, 1.82) is 0 Å². The lowest BCUT2D eigenvalue weighted by atomic mass is 9.39. The quantitative estimate of drug-likeness (QED) is 0.0219. The Labute approximate surface area is 541 Å². The van der Waals surface area contributed by atoms with Crippen molar-refractivity contribution in [3.63, 3.8) is 0 Å². The standard InChI is InChI=1S/C68H84N12O10S2/c1-9-45-18-20-46(21-19-45)33-69-60(84)53-32-47(81)35-79(53)62(86)58(64(4,5)6)73-55(82)17-11-10-14-30-92(87,88)77-61(85)56-48(22-23-51(71-56)57(83)52-31-43(2)59(76-75-52)74-63-72-50-15-12-13-16-54(50)91-63)49-34-70-80(44(49)3)42-67-37-65(7)36-66(8,38-67)40-68(39-65,41-67)90-29-26-78-24-27-89-28-25-78/h1,12-13,15-16,18-23,31,34,47,53,58,81H,10-11,14,17,24-30,32-33,35-42H2,2-8H3,(H,69,84)(H,73,82)(H,77,85)(H,72,74,76)/t47-,53-,58+,65?,66?,67?,68?/m0/s1. The molecule has 5 N–H and O–H groups in total. The number of unbranched alkanes of at least 4 members (excludes halogenated alkanes) is 2. The number of benzene rings is 2. The molecule has 4 saturated carbocycles. The molecular weight excluding hydrogens is 1210 g/mol. The van der Waals surface area contributed by atoms with Gasteiger partial charge < -0.3 is 35.4 Å². The number of amides is 4. The number of carbonyl (C=O) groups is 5. The molecule has 12 rings (SSSR count). The van der Waals surface area contributed by atoms with Gasteiger partial charge in [0.1, 0.15) is 29.2 Å². The predicted molar refractivity (Wildman–Crippen MR) is 349 cm³/mol. The molecule has 6 fully saturated rings. The summed E-state index contributed by atoms with van der Waals surface area (Å²) < 4.78 is 45.7. The van der Waals surface area contributed by atoms with E-state index >= 15 is 0 Å². The van der Waals surface area contributed by atoms with E-state index in [4.69, 9.17) is 21.0 Å². The molecule has 0 radical (unpaired) electrons. The number of ketones is 1. The van der Waals surface area contributed by atoms with Crippen LogP contribution < -0.4 is 20.7 Å². The number of aromatic nitrogens is 6. The number of para-hydroxylation sites is 1. The van der Waals surface area contributed by atoms with Gasteiger partial charge in [-0.15, -0.1) is 16.6 Å². The molecule has 92 heavy (non-hydrogen) atoms. The van der Waals surface area contributed by atoms with Gasteiger partial charge in [-0.1, -0.05) is 82.6 Å². The minimum absolute atomic E-state index is 0.0294. The number of aliphatic hydroxyl groups is 1. The van der Waals surface area contributed by atoms with Gasteiger partial charge in [0.2, 0.25) is 33.5 Å². The number of pyridine rings is 1. The lowest BCUT2D eigenvalue weighted by Gasteiger charge is -2.69. The Morgan fingerprint density at radius 3 is 2.34 bits per heavy atom. The van der Waals surface area contributed by atoms with Gasteiger partial charge in [0.25, 0.3) is 5.91 Å². The van der Waals surface area contributed by atoms with Crippen molar-refractivity contribution < 1.29 is 47.0 Å². The average molecular weight is 1290 g/mol. The van der Waals surface area contributed by atoms with E-state index in [2.05, 4.69) is 65.5 Å². The molecule has 4 aliphatic carbocycles. The Morgan fingerprint density at radius 1 is 0.891 bits per heavy atom. The number of terminal acetylenes is 1. The highest BCUT2D eigenvalue weighted by Crippen LogP contribution is 2.72. The zero-order valence-corrected chi connectivity index (χ0v) is 55.2. The van der Waals surface area contributed by atoms with Crippen LogP contribution in [0.25, 0.3) is 21.3 Å². The summed E-state index contributed by atoms with van der Waals surface area (Å²) >= 11 is 1.45. The van der Waals surface area contributed by atoms with Crippen LogP contribution in [0.3, 0.4) is 0 Å². The summed E-state index contributed by atoms with van der Waals surface area (Å²) in [5.74, 6) is -0.619. The Morgan fingerprint density at radius 2 is 1.63 bits per heavy atom. The third-order valence-corrected chi connectivity index (χ3v) is 21.2. The van der Waals surface area contributed by atoms with Crippen molar-refractivity contribution >= 4 is 71.9 Å². The summed E-state index contributed by atoms with van der Waals surface area (Å²) in [7, 11) is -4.33. The number of aliphatic hydroxyl groups excluding tert-OH is 1. The minimum atomic E-state index is -4.33. The number of likely N-dealkylation sites (tertiary alicyclic amines) is 1. The number of sulfonamides is 1. The van der Waals surface area contributed by atoms with Crippen LogP contribution in [0.1, 0.15) is 154 Å². The van der Waals surface area contributed by atoms with Crippen LogP contribution in [0.5, 0.6) is 0 Å². The first-order chi connectivity index (χ1) is 43.7. The molecule has 4 aromatic heterocycles. The average Bonchev–Trinajstić information content (AvgIpc) is 0.784. The Balaban J connectivity index is 0.766. The van der Waals surface area contributed by atoms with Gasteiger partial charge in [0, 0.05) is 74.5 Å². The van der Waals surface area contributed by atoms with Crippen LogP contribution in [-0.4, -0.2) is 158 Å². The second-order valence-electron chi connectivity index (χ2n) is 28.1. The lowest BCUT2D eigenvalue weighted by Crippen LogP contribution is -2.64. The van der Waals surface area contributed by atoms with E-state index in [1.807, 2.05) is 35.9 Å². The number of morpholine rings is 1. The molecule has 488 valence electrons. The molecule has 22 nitrogen and oxygen atoms in total. The second kappa shape index (κ2) is 26.5. The molecule has 5 atom stereocenters. The molecule has 4 amide bonds. The molecule has 6 aliphatic rings. The van der Waals surface area contributed by atoms with E-state index in [0.717, 1.165) is 92.8 Å². The van der Waals surface area contributed by atoms with Gasteiger partial charge in [-0.2, -0.15) is 5.10 Å². The lowest BCUT2D eigenvalue weighted by molar-refractivity contribution is -0.249. The maximum atomic E-state index is 14.6. The summed E-state index contributed by atoms with van der Waals surface area (Å²) in [6, 6.07) is 17.5. The maximum absolute atomic E-state index is 14.6. The Kier molecular flexibility index (Phi) is 19.0. The smallest absolute Gasteiger partial charge is 0.283 e. The van der Waals surface area contributed by atoms with Gasteiger partial charge in [0.15, 0.2) is 10.9 Å². The molecule has 2 unspecified atom stereocenters. The third-order valence-electron chi connectivity index (χ3n) is 19.0. The number of nitrogens with zero attached hydrogens (tertiary/aromatic N) is 8. The van der Waals surface area contributed by atoms with Gasteiger partial charge >= 0.3 is 0 Å². The van der Waals surface area contributed by atoms with Crippen LogP contribution in [0.15, 0.2) is 72.9 Å². The van der Waals surface area contributed by atoms with Gasteiger partial charge in [-0.25, -0.2) is 23.1 Å². The largest absolute Gasteiger partial charge is 0.391 e. The number of hydrogen-bond donors (Lipinski definition) is 5. The zero-order chi connectivity index (χ0) is 65.4. The molecule has 6 heterocycles. The summed E-state index contributed by atoms with van der Waals surface area (Å²) in [5, 5.41) is 33.7. The number of fused-ring (bicyclic) bond motifs is 1. The predicted octanol–water partition coefficient (Wildman–Crippen LogP) is 7.81. The van der Waals surface area contributed by atoms with E-state index in [9.17, 15) is 37.5 Å². The minimum Gasteiger partial charge on any atom is -0.391 e. The first-order valence-electron chi connectivity index (χ1n) is 31.9. The van der Waals surface area contributed by atoms with E-state index < -0.39 is 68.8 Å². The summed E-state index contributed by atoms with van der Waals surface area (Å²) in [6.45, 7) is 19.4. The summed E-state index contributed by atoms with van der Waals surface area (Å²) in [5.41, 5.74) is 3.00. The van der Waals surface area contributed by atoms with Gasteiger partial charge in [-0.3, -0.25) is 33.6 Å². The fraction of sp³-hybridized carbons (Fsp3) is 0.529. The second-order valence-corrected chi connectivity index (χ2v) is 31.0. The highest BCUT2D eigenvalue weighted by molar-refractivity contribution is 7.90. The number of aryl methyl sites for hydroxylation is 1. The van der Waals surface area contributed by atoms with Gasteiger partial charge in [-0.05, 0) is 140 Å². The molecule has 6 aromatic rings. The number of ether oxygens (including phenoxy) is 2. The molecular formula is C68H84N12O10S2. The van der Waals surface area contributed by atoms with E-state index in [1.54, 1.807) is 70.3 Å². The number of nitrogens with one attached hydrogen (secondary N) is 4. The number of rotatable bonds is 24. The maximum Gasteiger partial charge on any atom is 0.283 e. The van der Waals surface area contributed by atoms with Crippen LogP contribution in [0.2, 0.25) is 0 Å². The Bertz CT molecular complexity index is 3890. The number of β-amino-alcohol motifs (C(OH)–C–C–N with tert-alkyl or cyclic N) is 1. The first kappa shape index (κ1) is 65.9. The summed E-state index contributed by atoms with van der Waals surface area (Å²) in [6.07, 6.45) is 12.9. The Hall–Kier alpha value is -7.53. The molecule has 2 aromatic carbocycles. The molecule has 2 saturated heterocycles. The molecule has 2 aliphatic heterocycles. The number of hydrogen-bond acceptors (Lipinski definition) is 18. The molecule has 24 heteroatoms. The van der Waals surface area contributed by atoms with Crippen molar-refractivity contribution in [2.24, 2.45) is 21.7 Å². The number of thiazole rings is 1. The fourth-order valence-electron chi connectivity index (χ4n) is 15.8. The monoisotopic (exact) mass is 1290 g/mol. The molecule has 4 bridgehead atoms. The SMILES string of the molecule is C#Cc1ccc(CNC(=O)[C@@H]2C[C@H](O)CN2C(=O)[C@@H](NC(=O)CCCCCS(=O)(=O)NC(=O)c2nc(C(=O)c3cc(C)c(Nc4nc5ccccc5s4)nn3)ccc2-c2cnn(CC34CC5(C)CC(C)(C3)CC(OCCN3CCOCC3)(C5)C4)c2C)C(C)(C)C)cc1. The van der Waals surface area contributed by atoms with Crippen molar-refractivity contribution in [3.05, 3.63) is 112 Å². The van der Waals surface area contributed by atoms with Crippen molar-refractivity contribution in [1.82, 2.24) is 55.1 Å². The number of anilines is 2. The fourth-order valence-corrected chi connectivity index (χ4v) is 17.7. The zero-order valence-electron chi connectivity index (χ0n) is 53.6. The summed E-state index contributed by atoms with van der Waals surface area (Å²) in [4.78, 5) is 83.2.